The lowest BCUT2D eigenvalue weighted by molar-refractivity contribution is 1.18. The van der Waals surface area contributed by atoms with Crippen LogP contribution in [0.5, 0.6) is 0 Å². The van der Waals surface area contributed by atoms with E-state index in [9.17, 15) is 0 Å². The van der Waals surface area contributed by atoms with Crippen LogP contribution >= 0.6 is 0 Å². The summed E-state index contributed by atoms with van der Waals surface area (Å²) in [7, 11) is 0. The average Bonchev–Trinajstić information content (AvgIpc) is 3.79. The number of anilines is 3. The molecule has 0 N–H and O–H groups in total. The van der Waals surface area contributed by atoms with Gasteiger partial charge in [-0.3, -0.25) is 0 Å². The summed E-state index contributed by atoms with van der Waals surface area (Å²) < 4.78 is 4.96. The second-order valence-electron chi connectivity index (χ2n) is 16.1. The van der Waals surface area contributed by atoms with E-state index in [1.165, 1.54) is 93.1 Å². The van der Waals surface area contributed by atoms with Crippen LogP contribution in [0.1, 0.15) is 11.1 Å². The largest absolute Gasteiger partial charge is 0.310 e. The van der Waals surface area contributed by atoms with E-state index in [1.54, 1.807) is 0 Å². The first kappa shape index (κ1) is 33.8. The zero-order chi connectivity index (χ0) is 40.0. The van der Waals surface area contributed by atoms with Crippen molar-refractivity contribution in [2.75, 3.05) is 4.90 Å². The minimum atomic E-state index is 1.11. The number of rotatable bonds is 5. The fourth-order valence-corrected chi connectivity index (χ4v) is 10.1. The van der Waals surface area contributed by atoms with E-state index in [0.29, 0.717) is 0 Å². The van der Waals surface area contributed by atoms with E-state index in [2.05, 4.69) is 239 Å². The molecule has 1 aliphatic heterocycles. The second-order valence-corrected chi connectivity index (χ2v) is 16.1. The van der Waals surface area contributed by atoms with Crippen molar-refractivity contribution >= 4 is 94.4 Å². The average molecular weight is 776 g/mol. The standard InChI is InChI=1S/C58H37N3/c1-3-13-38(14-4-1)40-25-29-44(30-26-40)59(45-31-27-39-15-7-8-16-42(39)37-45)54-23-12-24-55-56(54)51-21-11-17-41-28-32-48-46-33-34-50-47-20-9-10-22-52(47)60(43-18-5-2-6-19-43)58(50)49(46)35-36-53(48)61(55)57(41)51/h1-37H. The zero-order valence-corrected chi connectivity index (χ0v) is 33.2. The van der Waals surface area contributed by atoms with Gasteiger partial charge in [0.25, 0.3) is 0 Å². The van der Waals surface area contributed by atoms with Crippen LogP contribution in [0.2, 0.25) is 0 Å². The highest BCUT2D eigenvalue weighted by molar-refractivity contribution is 6.22. The molecule has 0 saturated heterocycles. The lowest BCUT2D eigenvalue weighted by Crippen LogP contribution is -2.10. The third kappa shape index (κ3) is 5.04. The minimum Gasteiger partial charge on any atom is -0.310 e. The Hall–Kier alpha value is -8.14. The van der Waals surface area contributed by atoms with Gasteiger partial charge in [0, 0.05) is 49.6 Å². The number of benzene rings is 10. The minimum absolute atomic E-state index is 1.11. The Balaban J connectivity index is 1.07. The molecule has 2 aromatic heterocycles. The fraction of sp³-hybridized carbons (Fsp3) is 0. The van der Waals surface area contributed by atoms with Crippen LogP contribution < -0.4 is 4.90 Å². The molecule has 61 heavy (non-hydrogen) atoms. The van der Waals surface area contributed by atoms with Crippen molar-refractivity contribution < 1.29 is 0 Å². The molecule has 0 atom stereocenters. The lowest BCUT2D eigenvalue weighted by Gasteiger charge is -2.27. The Kier molecular flexibility index (Phi) is 7.31. The molecule has 10 aromatic carbocycles. The van der Waals surface area contributed by atoms with Crippen molar-refractivity contribution in [3.63, 3.8) is 0 Å². The number of para-hydroxylation sites is 3. The molecule has 0 radical (unpaired) electrons. The maximum absolute atomic E-state index is 2.52. The van der Waals surface area contributed by atoms with Gasteiger partial charge in [0.1, 0.15) is 0 Å². The molecule has 0 spiro atoms. The summed E-state index contributed by atoms with van der Waals surface area (Å²) in [6.07, 6.45) is 4.66. The fourth-order valence-electron chi connectivity index (χ4n) is 10.1. The van der Waals surface area contributed by atoms with Crippen LogP contribution in [0.25, 0.3) is 99.8 Å². The van der Waals surface area contributed by atoms with Gasteiger partial charge in [0.05, 0.1) is 33.4 Å². The van der Waals surface area contributed by atoms with Gasteiger partial charge in [-0.25, -0.2) is 0 Å². The number of hydrogen-bond donors (Lipinski definition) is 0. The number of nitrogens with zero attached hydrogens (tertiary/aromatic N) is 3. The van der Waals surface area contributed by atoms with Crippen molar-refractivity contribution in [2.45, 2.75) is 0 Å². The summed E-state index contributed by atoms with van der Waals surface area (Å²) in [6, 6.07) is 77.7. The predicted octanol–water partition coefficient (Wildman–Crippen LogP) is 15.8. The normalized spacial score (nSPS) is 12.2. The van der Waals surface area contributed by atoms with Crippen LogP contribution in [0, 0.1) is 0 Å². The summed E-state index contributed by atoms with van der Waals surface area (Å²) in [4.78, 5) is 2.45. The summed E-state index contributed by atoms with van der Waals surface area (Å²) in [5.74, 6) is 0. The van der Waals surface area contributed by atoms with Crippen molar-refractivity contribution in [2.24, 2.45) is 0 Å². The second kappa shape index (κ2) is 13.2. The first-order valence-electron chi connectivity index (χ1n) is 21.0. The smallest absolute Gasteiger partial charge is 0.0619 e. The quantitative estimate of drug-likeness (QED) is 0.170. The molecule has 0 unspecified atom stereocenters. The first-order valence-corrected chi connectivity index (χ1v) is 21.0. The topological polar surface area (TPSA) is 13.1 Å². The van der Waals surface area contributed by atoms with E-state index in [1.807, 2.05) is 0 Å². The molecule has 0 fully saturated rings. The monoisotopic (exact) mass is 775 g/mol. The van der Waals surface area contributed by atoms with Gasteiger partial charge in [-0.2, -0.15) is 0 Å². The molecular weight excluding hydrogens is 739 g/mol. The van der Waals surface area contributed by atoms with E-state index < -0.39 is 0 Å². The van der Waals surface area contributed by atoms with Gasteiger partial charge in [-0.1, -0.05) is 164 Å². The van der Waals surface area contributed by atoms with Crippen LogP contribution in [0.3, 0.4) is 0 Å². The molecule has 3 heteroatoms. The molecule has 284 valence electrons. The molecule has 0 amide bonds. The summed E-state index contributed by atoms with van der Waals surface area (Å²) in [6.45, 7) is 0. The molecule has 0 aliphatic carbocycles. The highest BCUT2D eigenvalue weighted by atomic mass is 15.1. The van der Waals surface area contributed by atoms with Crippen molar-refractivity contribution in [1.82, 2.24) is 9.13 Å². The van der Waals surface area contributed by atoms with Gasteiger partial charge >= 0.3 is 0 Å². The Morgan fingerprint density at radius 1 is 0.361 bits per heavy atom. The molecule has 3 nitrogen and oxygen atoms in total. The number of hydrogen-bond acceptors (Lipinski definition) is 1. The van der Waals surface area contributed by atoms with Gasteiger partial charge in [0.15, 0.2) is 0 Å². The van der Waals surface area contributed by atoms with Crippen LogP contribution in [0.4, 0.5) is 17.1 Å². The molecule has 12 aromatic rings. The van der Waals surface area contributed by atoms with Crippen LogP contribution in [0.15, 0.2) is 212 Å². The van der Waals surface area contributed by atoms with Gasteiger partial charge in [-0.15, -0.1) is 0 Å². The highest BCUT2D eigenvalue weighted by Crippen LogP contribution is 2.48. The van der Waals surface area contributed by atoms with E-state index >= 15 is 0 Å². The van der Waals surface area contributed by atoms with E-state index in [0.717, 1.165) is 22.7 Å². The lowest BCUT2D eigenvalue weighted by atomic mass is 9.98. The molecule has 3 heterocycles. The van der Waals surface area contributed by atoms with Gasteiger partial charge < -0.3 is 14.0 Å². The Morgan fingerprint density at radius 3 is 1.89 bits per heavy atom. The first-order chi connectivity index (χ1) is 30.3. The molecule has 13 rings (SSSR count). The molecular formula is C58H37N3. The van der Waals surface area contributed by atoms with E-state index in [-0.39, 0.29) is 0 Å². The number of aromatic nitrogens is 2. The van der Waals surface area contributed by atoms with Crippen molar-refractivity contribution in [3.05, 3.63) is 223 Å². The predicted molar refractivity (Wildman–Crippen MR) is 259 cm³/mol. The van der Waals surface area contributed by atoms with Crippen molar-refractivity contribution in [1.29, 1.82) is 0 Å². The molecule has 0 saturated carbocycles. The Morgan fingerprint density at radius 2 is 1.02 bits per heavy atom. The zero-order valence-electron chi connectivity index (χ0n) is 33.2. The van der Waals surface area contributed by atoms with E-state index in [4.69, 9.17) is 0 Å². The Bertz CT molecular complexity index is 3740. The van der Waals surface area contributed by atoms with Crippen molar-refractivity contribution in [3.8, 4) is 22.5 Å². The van der Waals surface area contributed by atoms with Crippen LogP contribution in [-0.2, 0) is 0 Å². The molecule has 1 aliphatic rings. The SMILES string of the molecule is C1=Cc2cccc3c4c(N(c5ccc(-c6ccccc6)cc5)c5ccc6ccccc6c5)cccc4n(c23)-c2ccc3c(ccc4c5ccccc5n(-c5ccccc5)c34)c21. The Labute approximate surface area is 352 Å². The highest BCUT2D eigenvalue weighted by Gasteiger charge is 2.25. The summed E-state index contributed by atoms with van der Waals surface area (Å²) in [5.41, 5.74) is 15.4. The third-order valence-corrected chi connectivity index (χ3v) is 12.8. The maximum atomic E-state index is 2.52. The van der Waals surface area contributed by atoms with Gasteiger partial charge in [-0.05, 0) is 93.5 Å². The van der Waals surface area contributed by atoms with Crippen LogP contribution in [-0.4, -0.2) is 9.13 Å². The maximum Gasteiger partial charge on any atom is 0.0619 e. The third-order valence-electron chi connectivity index (χ3n) is 12.8. The summed E-state index contributed by atoms with van der Waals surface area (Å²) >= 11 is 0. The number of fused-ring (bicyclic) bond motifs is 12. The molecule has 0 bridgehead atoms. The summed E-state index contributed by atoms with van der Waals surface area (Å²) in [5, 5.41) is 9.88. The van der Waals surface area contributed by atoms with Gasteiger partial charge in [0.2, 0.25) is 0 Å².